The van der Waals surface area contributed by atoms with E-state index >= 15 is 0 Å². The fraction of sp³-hybridized carbons (Fsp3) is 0.273. The van der Waals surface area contributed by atoms with Gasteiger partial charge in [0, 0.05) is 18.9 Å². The number of rotatable bonds is 7. The molecule has 8 heteroatoms. The number of amides is 1. The summed E-state index contributed by atoms with van der Waals surface area (Å²) in [6.45, 7) is -0.316. The Hall–Kier alpha value is -3.39. The summed E-state index contributed by atoms with van der Waals surface area (Å²) in [7, 11) is 0. The lowest BCUT2D eigenvalue weighted by molar-refractivity contribution is 0.0929. The van der Waals surface area contributed by atoms with Crippen molar-refractivity contribution in [1.82, 2.24) is 25.7 Å². The van der Waals surface area contributed by atoms with Crippen LogP contribution in [-0.2, 0) is 19.6 Å². The zero-order valence-electron chi connectivity index (χ0n) is 16.4. The number of alkyl halides is 1. The number of carbonyl (C=O) groups excluding carboxylic acids is 1. The maximum atomic E-state index is 13.6. The molecule has 1 unspecified atom stereocenters. The van der Waals surface area contributed by atoms with Crippen molar-refractivity contribution in [1.29, 1.82) is 0 Å². The van der Waals surface area contributed by atoms with Crippen LogP contribution in [0.1, 0.15) is 51.8 Å². The molecular weight excluding hydrogens is 383 g/mol. The first-order valence-electron chi connectivity index (χ1n) is 9.94. The van der Waals surface area contributed by atoms with Crippen LogP contribution in [-0.4, -0.2) is 20.9 Å². The lowest BCUT2D eigenvalue weighted by atomic mass is 9.92. The van der Waals surface area contributed by atoms with E-state index in [1.54, 1.807) is 6.20 Å². The highest BCUT2D eigenvalue weighted by Gasteiger charge is 2.25. The highest BCUT2D eigenvalue weighted by atomic mass is 19.1. The van der Waals surface area contributed by atoms with Gasteiger partial charge in [0.25, 0.3) is 5.91 Å². The summed E-state index contributed by atoms with van der Waals surface area (Å²) in [5, 5.41) is 2.97. The average Bonchev–Trinajstić information content (AvgIpc) is 2.80. The smallest absolute Gasteiger partial charge is 0.255 e. The van der Waals surface area contributed by atoms with E-state index in [0.29, 0.717) is 6.54 Å². The third-order valence-corrected chi connectivity index (χ3v) is 5.07. The number of aromatic nitrogens is 3. The molecule has 0 saturated heterocycles. The van der Waals surface area contributed by atoms with E-state index in [-0.39, 0.29) is 23.2 Å². The zero-order valence-corrected chi connectivity index (χ0v) is 16.4. The van der Waals surface area contributed by atoms with Gasteiger partial charge in [0.2, 0.25) is 5.95 Å². The Bertz CT molecular complexity index is 1010. The van der Waals surface area contributed by atoms with Gasteiger partial charge in [-0.3, -0.25) is 15.2 Å². The topological polar surface area (TPSA) is 91.8 Å². The van der Waals surface area contributed by atoms with Crippen LogP contribution >= 0.6 is 0 Å². The van der Waals surface area contributed by atoms with Gasteiger partial charge in [-0.2, -0.15) is 0 Å². The molecule has 0 saturated carbocycles. The number of hydrogen-bond acceptors (Lipinski definition) is 6. The SMILES string of the molecule is O=C(NC1CCCc2cccnc21)c1cnc(NNCc2ccccc2)nc1CF. The number of aryl methyl sites for hydroxylation is 1. The zero-order chi connectivity index (χ0) is 20.8. The third kappa shape index (κ3) is 4.60. The molecule has 1 atom stereocenters. The first-order chi connectivity index (χ1) is 14.7. The standard InChI is InChI=1S/C22H23FN6O/c23-12-19-17(14-25-22(28-19)29-26-13-15-6-2-1-3-7-15)21(30)27-18-10-4-8-16-9-5-11-24-20(16)18/h1-3,5-7,9,11,14,18,26H,4,8,10,12-13H2,(H,27,30)(H,25,28,29). The van der Waals surface area contributed by atoms with Gasteiger partial charge in [-0.25, -0.2) is 19.8 Å². The van der Waals surface area contributed by atoms with Crippen LogP contribution in [0.5, 0.6) is 0 Å². The number of carbonyl (C=O) groups is 1. The average molecular weight is 406 g/mol. The predicted octanol–water partition coefficient (Wildman–Crippen LogP) is 3.27. The molecule has 154 valence electrons. The lowest BCUT2D eigenvalue weighted by Gasteiger charge is -2.25. The minimum atomic E-state index is -0.863. The van der Waals surface area contributed by atoms with E-state index in [1.165, 1.54) is 6.20 Å². The molecule has 0 spiro atoms. The Kier molecular flexibility index (Phi) is 6.24. The van der Waals surface area contributed by atoms with E-state index in [9.17, 15) is 9.18 Å². The molecule has 0 fully saturated rings. The Labute approximate surface area is 174 Å². The predicted molar refractivity (Wildman–Crippen MR) is 111 cm³/mol. The van der Waals surface area contributed by atoms with Crippen molar-refractivity contribution in [3.05, 3.63) is 82.9 Å². The molecule has 1 amide bonds. The van der Waals surface area contributed by atoms with Crippen molar-refractivity contribution in [3.8, 4) is 0 Å². The quantitative estimate of drug-likeness (QED) is 0.522. The molecule has 2 heterocycles. The molecule has 0 bridgehead atoms. The lowest BCUT2D eigenvalue weighted by Crippen LogP contribution is -2.32. The molecule has 2 aromatic heterocycles. The minimum absolute atomic E-state index is 0.0450. The van der Waals surface area contributed by atoms with Crippen molar-refractivity contribution in [2.75, 3.05) is 5.43 Å². The largest absolute Gasteiger partial charge is 0.344 e. The Morgan fingerprint density at radius 1 is 1.13 bits per heavy atom. The maximum Gasteiger partial charge on any atom is 0.255 e. The number of fused-ring (bicyclic) bond motifs is 1. The number of hydrazine groups is 1. The van der Waals surface area contributed by atoms with Gasteiger partial charge in [0.1, 0.15) is 6.67 Å². The molecule has 3 aromatic rings. The second kappa shape index (κ2) is 9.41. The Morgan fingerprint density at radius 3 is 2.83 bits per heavy atom. The van der Waals surface area contributed by atoms with Crippen LogP contribution < -0.4 is 16.2 Å². The van der Waals surface area contributed by atoms with E-state index in [2.05, 4.69) is 31.1 Å². The van der Waals surface area contributed by atoms with E-state index < -0.39 is 12.6 Å². The summed E-state index contributed by atoms with van der Waals surface area (Å²) >= 11 is 0. The number of hydrogen-bond donors (Lipinski definition) is 3. The number of benzene rings is 1. The fourth-order valence-electron chi connectivity index (χ4n) is 3.58. The number of nitrogens with zero attached hydrogens (tertiary/aromatic N) is 3. The highest BCUT2D eigenvalue weighted by molar-refractivity contribution is 5.95. The Morgan fingerprint density at radius 2 is 2.00 bits per heavy atom. The van der Waals surface area contributed by atoms with Gasteiger partial charge in [0.05, 0.1) is 23.0 Å². The summed E-state index contributed by atoms with van der Waals surface area (Å²) in [6.07, 6.45) is 5.79. The number of anilines is 1. The summed E-state index contributed by atoms with van der Waals surface area (Å²) in [6, 6.07) is 13.5. The van der Waals surface area contributed by atoms with E-state index in [4.69, 9.17) is 0 Å². The third-order valence-electron chi connectivity index (χ3n) is 5.07. The van der Waals surface area contributed by atoms with Crippen LogP contribution in [0.25, 0.3) is 0 Å². The molecule has 0 radical (unpaired) electrons. The van der Waals surface area contributed by atoms with Crippen LogP contribution in [0.4, 0.5) is 10.3 Å². The normalized spacial score (nSPS) is 15.3. The molecule has 4 rings (SSSR count). The van der Waals surface area contributed by atoms with Gasteiger partial charge in [0.15, 0.2) is 0 Å². The molecule has 0 aliphatic heterocycles. The molecular formula is C22H23FN6O. The summed E-state index contributed by atoms with van der Waals surface area (Å²) < 4.78 is 13.6. The summed E-state index contributed by atoms with van der Waals surface area (Å²) in [4.78, 5) is 25.5. The van der Waals surface area contributed by atoms with Gasteiger partial charge in [-0.15, -0.1) is 0 Å². The number of nitrogens with one attached hydrogen (secondary N) is 3. The second-order valence-corrected chi connectivity index (χ2v) is 7.12. The first-order valence-corrected chi connectivity index (χ1v) is 9.94. The highest BCUT2D eigenvalue weighted by Crippen LogP contribution is 2.28. The van der Waals surface area contributed by atoms with Crippen molar-refractivity contribution in [3.63, 3.8) is 0 Å². The maximum absolute atomic E-state index is 13.6. The van der Waals surface area contributed by atoms with Crippen LogP contribution in [0.3, 0.4) is 0 Å². The molecule has 3 N–H and O–H groups in total. The summed E-state index contributed by atoms with van der Waals surface area (Å²) in [5.41, 5.74) is 9.11. The molecule has 1 aromatic carbocycles. The first kappa shape index (κ1) is 19.9. The van der Waals surface area contributed by atoms with Crippen LogP contribution in [0.2, 0.25) is 0 Å². The van der Waals surface area contributed by atoms with Crippen LogP contribution in [0.15, 0.2) is 54.9 Å². The molecule has 7 nitrogen and oxygen atoms in total. The van der Waals surface area contributed by atoms with Crippen molar-refractivity contribution in [2.24, 2.45) is 0 Å². The summed E-state index contributed by atoms with van der Waals surface area (Å²) in [5.74, 6) is -0.185. The number of pyridine rings is 1. The number of halogens is 1. The van der Waals surface area contributed by atoms with Gasteiger partial charge < -0.3 is 5.32 Å². The van der Waals surface area contributed by atoms with Crippen LogP contribution in [0, 0.1) is 0 Å². The van der Waals surface area contributed by atoms with Gasteiger partial charge in [-0.05, 0) is 36.5 Å². The Balaban J connectivity index is 1.42. The molecule has 30 heavy (non-hydrogen) atoms. The molecule has 1 aliphatic rings. The van der Waals surface area contributed by atoms with Crippen molar-refractivity contribution >= 4 is 11.9 Å². The minimum Gasteiger partial charge on any atom is -0.344 e. The van der Waals surface area contributed by atoms with E-state index in [0.717, 1.165) is 36.1 Å². The monoisotopic (exact) mass is 406 g/mol. The molecule has 1 aliphatic carbocycles. The van der Waals surface area contributed by atoms with Crippen molar-refractivity contribution in [2.45, 2.75) is 38.5 Å². The van der Waals surface area contributed by atoms with Gasteiger partial charge >= 0.3 is 0 Å². The van der Waals surface area contributed by atoms with E-state index in [1.807, 2.05) is 42.5 Å². The second-order valence-electron chi connectivity index (χ2n) is 7.12. The fourth-order valence-corrected chi connectivity index (χ4v) is 3.58. The van der Waals surface area contributed by atoms with Gasteiger partial charge in [-0.1, -0.05) is 36.4 Å². The van der Waals surface area contributed by atoms with Crippen molar-refractivity contribution < 1.29 is 9.18 Å².